The molecule has 0 atom stereocenters. The molecule has 7 heteroatoms. The first-order valence-corrected chi connectivity index (χ1v) is 6.56. The van der Waals surface area contributed by atoms with Gasteiger partial charge in [-0.2, -0.15) is 0 Å². The summed E-state index contributed by atoms with van der Waals surface area (Å²) in [6.45, 7) is 0. The first-order valence-electron chi connectivity index (χ1n) is 5.01. The Morgan fingerprint density at radius 1 is 1.17 bits per heavy atom. The molecule has 1 heterocycles. The fourth-order valence-corrected chi connectivity index (χ4v) is 2.31. The maximum absolute atomic E-state index is 11.5. The average molecular weight is 265 g/mol. The largest absolute Gasteiger partial charge is 0.479 e. The zero-order chi connectivity index (χ0) is 13.2. The molecule has 94 valence electrons. The zero-order valence-corrected chi connectivity index (χ0v) is 10.4. The minimum atomic E-state index is -3.83. The van der Waals surface area contributed by atoms with Crippen molar-refractivity contribution >= 4 is 10.0 Å². The van der Waals surface area contributed by atoms with Gasteiger partial charge < -0.3 is 4.74 Å². The number of benzene rings is 1. The second kappa shape index (κ2) is 4.71. The van der Waals surface area contributed by atoms with Gasteiger partial charge >= 0.3 is 0 Å². The number of rotatable bonds is 3. The van der Waals surface area contributed by atoms with E-state index in [-0.39, 0.29) is 10.8 Å². The smallest absolute Gasteiger partial charge is 0.240 e. The van der Waals surface area contributed by atoms with E-state index < -0.39 is 10.0 Å². The van der Waals surface area contributed by atoms with Crippen molar-refractivity contribution in [1.82, 2.24) is 9.97 Å². The highest BCUT2D eigenvalue weighted by molar-refractivity contribution is 7.89. The Kier molecular flexibility index (Phi) is 3.26. The number of nitrogens with two attached hydrogens (primary N) is 1. The molecule has 0 saturated carbocycles. The third-order valence-corrected chi connectivity index (χ3v) is 3.28. The molecule has 0 amide bonds. The molecule has 2 N–H and O–H groups in total. The molecular formula is C11H11N3O3S. The predicted octanol–water partition coefficient (Wildman–Crippen LogP) is 0.800. The van der Waals surface area contributed by atoms with Crippen LogP contribution >= 0.6 is 0 Å². The maximum Gasteiger partial charge on any atom is 0.240 e. The van der Waals surface area contributed by atoms with Gasteiger partial charge in [0.2, 0.25) is 15.9 Å². The summed E-state index contributed by atoms with van der Waals surface area (Å²) in [5, 5.41) is 5.17. The van der Waals surface area contributed by atoms with Gasteiger partial charge in [0, 0.05) is 18.0 Å². The monoisotopic (exact) mass is 265 g/mol. The summed E-state index contributed by atoms with van der Waals surface area (Å²) in [5.41, 5.74) is 0.703. The highest BCUT2D eigenvalue weighted by Crippen LogP contribution is 2.29. The summed E-state index contributed by atoms with van der Waals surface area (Å²) < 4.78 is 28.1. The zero-order valence-electron chi connectivity index (χ0n) is 9.57. The van der Waals surface area contributed by atoms with Crippen molar-refractivity contribution in [2.45, 2.75) is 4.90 Å². The van der Waals surface area contributed by atoms with Crippen molar-refractivity contribution in [3.63, 3.8) is 0 Å². The Morgan fingerprint density at radius 3 is 2.50 bits per heavy atom. The molecule has 1 aromatic heterocycles. The lowest BCUT2D eigenvalue weighted by Crippen LogP contribution is -2.13. The Balaban J connectivity index is 2.72. The third kappa shape index (κ3) is 2.31. The summed E-state index contributed by atoms with van der Waals surface area (Å²) in [6.07, 6.45) is 2.92. The second-order valence-corrected chi connectivity index (χ2v) is 4.99. The lowest BCUT2D eigenvalue weighted by atomic mass is 10.1. The molecule has 0 aliphatic carbocycles. The fourth-order valence-electron chi connectivity index (χ4n) is 1.57. The first-order chi connectivity index (χ1) is 8.54. The molecule has 2 aromatic rings. The average Bonchev–Trinajstić information content (AvgIpc) is 2.37. The van der Waals surface area contributed by atoms with Gasteiger partial charge in [-0.3, -0.25) is 0 Å². The molecule has 0 aliphatic heterocycles. The molecule has 1 aromatic carbocycles. The van der Waals surface area contributed by atoms with E-state index in [4.69, 9.17) is 9.88 Å². The van der Waals surface area contributed by atoms with Crippen LogP contribution in [-0.2, 0) is 10.0 Å². The van der Waals surface area contributed by atoms with E-state index in [1.807, 2.05) is 0 Å². The van der Waals surface area contributed by atoms with Crippen LogP contribution in [0.3, 0.4) is 0 Å². The molecule has 0 fully saturated rings. The molecule has 0 saturated heterocycles. The topological polar surface area (TPSA) is 95.2 Å². The minimum absolute atomic E-state index is 0.0104. The molecule has 0 aliphatic rings. The molecule has 0 unspecified atom stereocenters. The van der Waals surface area contributed by atoms with E-state index in [0.717, 1.165) is 0 Å². The Bertz CT molecular complexity index is 671. The summed E-state index contributed by atoms with van der Waals surface area (Å²) >= 11 is 0. The normalized spacial score (nSPS) is 11.2. The van der Waals surface area contributed by atoms with E-state index in [2.05, 4.69) is 9.97 Å². The van der Waals surface area contributed by atoms with Crippen molar-refractivity contribution in [3.05, 3.63) is 36.7 Å². The van der Waals surface area contributed by atoms with E-state index in [9.17, 15) is 8.42 Å². The number of aromatic nitrogens is 2. The first kappa shape index (κ1) is 12.5. The number of sulfonamides is 1. The van der Waals surface area contributed by atoms with Crippen molar-refractivity contribution in [2.24, 2.45) is 5.14 Å². The van der Waals surface area contributed by atoms with E-state index >= 15 is 0 Å². The Morgan fingerprint density at radius 2 is 1.83 bits per heavy atom. The summed E-state index contributed by atoms with van der Waals surface area (Å²) in [4.78, 5) is 8.05. The van der Waals surface area contributed by atoms with Crippen LogP contribution in [0.15, 0.2) is 41.6 Å². The molecular weight excluding hydrogens is 254 g/mol. The third-order valence-electron chi connectivity index (χ3n) is 2.31. The van der Waals surface area contributed by atoms with Crippen LogP contribution in [0.4, 0.5) is 0 Å². The predicted molar refractivity (Wildman–Crippen MR) is 65.4 cm³/mol. The molecule has 0 spiro atoms. The van der Waals surface area contributed by atoms with E-state index in [1.165, 1.54) is 25.6 Å². The van der Waals surface area contributed by atoms with Crippen LogP contribution in [-0.4, -0.2) is 25.5 Å². The number of methoxy groups -OCH3 is 1. The van der Waals surface area contributed by atoms with Crippen molar-refractivity contribution in [3.8, 4) is 17.1 Å². The van der Waals surface area contributed by atoms with Crippen molar-refractivity contribution in [1.29, 1.82) is 0 Å². The number of nitrogens with zero attached hydrogens (tertiary/aromatic N) is 2. The van der Waals surface area contributed by atoms with Gasteiger partial charge in [-0.1, -0.05) is 18.2 Å². The van der Waals surface area contributed by atoms with Crippen LogP contribution in [0.2, 0.25) is 0 Å². The quantitative estimate of drug-likeness (QED) is 0.885. The lowest BCUT2D eigenvalue weighted by Gasteiger charge is -2.09. The van der Waals surface area contributed by atoms with Crippen molar-refractivity contribution < 1.29 is 13.2 Å². The SMILES string of the molecule is COc1nccnc1-c1ccccc1S(N)(=O)=O. The van der Waals surface area contributed by atoms with Crippen LogP contribution < -0.4 is 9.88 Å². The summed E-state index contributed by atoms with van der Waals surface area (Å²) in [7, 11) is -2.39. The van der Waals surface area contributed by atoms with Crippen LogP contribution in [0.1, 0.15) is 0 Å². The molecule has 6 nitrogen and oxygen atoms in total. The van der Waals surface area contributed by atoms with Gasteiger partial charge in [0.25, 0.3) is 0 Å². The van der Waals surface area contributed by atoms with Crippen LogP contribution in [0, 0.1) is 0 Å². The number of primary sulfonamides is 1. The minimum Gasteiger partial charge on any atom is -0.479 e. The summed E-state index contributed by atoms with van der Waals surface area (Å²) in [6, 6.07) is 6.30. The Labute approximate surface area is 105 Å². The molecule has 2 rings (SSSR count). The Hall–Kier alpha value is -1.99. The van der Waals surface area contributed by atoms with Gasteiger partial charge in [-0.25, -0.2) is 23.5 Å². The number of hydrogen-bond acceptors (Lipinski definition) is 5. The number of hydrogen-bond donors (Lipinski definition) is 1. The molecule has 18 heavy (non-hydrogen) atoms. The summed E-state index contributed by atoms with van der Waals surface area (Å²) in [5.74, 6) is 0.244. The maximum atomic E-state index is 11.5. The number of ether oxygens (including phenoxy) is 1. The van der Waals surface area contributed by atoms with Gasteiger partial charge in [0.15, 0.2) is 0 Å². The van der Waals surface area contributed by atoms with E-state index in [1.54, 1.807) is 18.2 Å². The second-order valence-electron chi connectivity index (χ2n) is 3.46. The fraction of sp³-hybridized carbons (Fsp3) is 0.0909. The van der Waals surface area contributed by atoms with Crippen LogP contribution in [0.25, 0.3) is 11.3 Å². The van der Waals surface area contributed by atoms with Crippen molar-refractivity contribution in [2.75, 3.05) is 7.11 Å². The highest BCUT2D eigenvalue weighted by atomic mass is 32.2. The van der Waals surface area contributed by atoms with Gasteiger partial charge in [0.05, 0.1) is 12.0 Å². The van der Waals surface area contributed by atoms with E-state index in [0.29, 0.717) is 11.3 Å². The standard InChI is InChI=1S/C11H11N3O3S/c1-17-11-10(13-6-7-14-11)8-4-2-3-5-9(8)18(12,15)16/h2-7H,1H3,(H2,12,15,16). The van der Waals surface area contributed by atoms with Crippen LogP contribution in [0.5, 0.6) is 5.88 Å². The molecule has 0 bridgehead atoms. The van der Waals surface area contributed by atoms with Gasteiger partial charge in [0.1, 0.15) is 5.69 Å². The molecule has 0 radical (unpaired) electrons. The lowest BCUT2D eigenvalue weighted by molar-refractivity contribution is 0.397. The highest BCUT2D eigenvalue weighted by Gasteiger charge is 2.18. The van der Waals surface area contributed by atoms with Gasteiger partial charge in [-0.15, -0.1) is 0 Å². The van der Waals surface area contributed by atoms with Gasteiger partial charge in [-0.05, 0) is 6.07 Å².